The molecule has 2 rings (SSSR count). The normalized spacial score (nSPS) is 26.4. The summed E-state index contributed by atoms with van der Waals surface area (Å²) in [5, 5.41) is 0. The van der Waals surface area contributed by atoms with Crippen LogP contribution in [-0.2, 0) is 4.74 Å². The fraction of sp³-hybridized carbons (Fsp3) is 0.571. The third kappa shape index (κ3) is 3.49. The van der Waals surface area contributed by atoms with Gasteiger partial charge in [0.1, 0.15) is 0 Å². The van der Waals surface area contributed by atoms with Crippen LogP contribution in [0.2, 0.25) is 0 Å². The van der Waals surface area contributed by atoms with Crippen LogP contribution in [-0.4, -0.2) is 36.7 Å². The molecule has 0 aromatic heterocycles. The first-order valence-corrected chi connectivity index (χ1v) is 6.54. The van der Waals surface area contributed by atoms with Gasteiger partial charge in [-0.1, -0.05) is 12.1 Å². The Kier molecular flexibility index (Phi) is 4.50. The van der Waals surface area contributed by atoms with Crippen molar-refractivity contribution in [3.05, 3.63) is 35.4 Å². The molecule has 1 fully saturated rings. The number of morpholine rings is 1. The summed E-state index contributed by atoms with van der Waals surface area (Å²) in [7, 11) is 0. The summed E-state index contributed by atoms with van der Waals surface area (Å²) in [6, 6.07) is 3.59. The fourth-order valence-corrected chi connectivity index (χ4v) is 2.62. The third-order valence-corrected chi connectivity index (χ3v) is 3.33. The molecule has 1 saturated heterocycles. The van der Waals surface area contributed by atoms with Gasteiger partial charge in [-0.05, 0) is 19.9 Å². The molecular formula is C14H20F2N2O. The van der Waals surface area contributed by atoms with Crippen molar-refractivity contribution in [3.8, 4) is 0 Å². The molecule has 0 aliphatic carbocycles. The Morgan fingerprint density at radius 2 is 1.95 bits per heavy atom. The maximum atomic E-state index is 13.7. The van der Waals surface area contributed by atoms with Crippen molar-refractivity contribution in [1.29, 1.82) is 0 Å². The summed E-state index contributed by atoms with van der Waals surface area (Å²) in [6.07, 6.45) is 0.265. The van der Waals surface area contributed by atoms with E-state index in [4.69, 9.17) is 10.5 Å². The molecular weight excluding hydrogens is 250 g/mol. The van der Waals surface area contributed by atoms with Crippen molar-refractivity contribution >= 4 is 0 Å². The molecule has 1 heterocycles. The van der Waals surface area contributed by atoms with Gasteiger partial charge in [-0.25, -0.2) is 8.78 Å². The van der Waals surface area contributed by atoms with Crippen LogP contribution in [0.1, 0.15) is 25.5 Å². The van der Waals surface area contributed by atoms with E-state index in [9.17, 15) is 8.78 Å². The van der Waals surface area contributed by atoms with Gasteiger partial charge in [0.15, 0.2) is 11.6 Å². The SMILES string of the molecule is C[C@@H]1CN(CC(N)c2cccc(F)c2F)C[C@H](C)O1. The molecule has 1 aromatic rings. The van der Waals surface area contributed by atoms with Gasteiger partial charge in [0.25, 0.3) is 0 Å². The van der Waals surface area contributed by atoms with Crippen LogP contribution in [0.4, 0.5) is 8.78 Å². The topological polar surface area (TPSA) is 38.5 Å². The fourth-order valence-electron chi connectivity index (χ4n) is 2.62. The molecule has 2 N–H and O–H groups in total. The Bertz CT molecular complexity index is 431. The molecule has 1 aliphatic rings. The average Bonchev–Trinajstić information content (AvgIpc) is 2.31. The largest absolute Gasteiger partial charge is 0.373 e. The van der Waals surface area contributed by atoms with Gasteiger partial charge in [0, 0.05) is 31.2 Å². The number of hydrogen-bond acceptors (Lipinski definition) is 3. The molecule has 5 heteroatoms. The highest BCUT2D eigenvalue weighted by Crippen LogP contribution is 2.20. The van der Waals surface area contributed by atoms with Crippen molar-refractivity contribution < 1.29 is 13.5 Å². The van der Waals surface area contributed by atoms with E-state index in [2.05, 4.69) is 4.90 Å². The van der Waals surface area contributed by atoms with Crippen molar-refractivity contribution in [3.63, 3.8) is 0 Å². The Hall–Kier alpha value is -1.04. The Labute approximate surface area is 112 Å². The van der Waals surface area contributed by atoms with E-state index in [0.717, 1.165) is 19.2 Å². The summed E-state index contributed by atoms with van der Waals surface area (Å²) >= 11 is 0. The molecule has 1 aromatic carbocycles. The minimum atomic E-state index is -0.850. The zero-order valence-corrected chi connectivity index (χ0v) is 11.3. The van der Waals surface area contributed by atoms with Gasteiger partial charge in [-0.2, -0.15) is 0 Å². The molecule has 0 amide bonds. The van der Waals surface area contributed by atoms with E-state index in [1.807, 2.05) is 13.8 Å². The first-order chi connectivity index (χ1) is 8.97. The Morgan fingerprint density at radius 3 is 2.58 bits per heavy atom. The molecule has 106 valence electrons. The minimum Gasteiger partial charge on any atom is -0.373 e. The van der Waals surface area contributed by atoms with Gasteiger partial charge >= 0.3 is 0 Å². The maximum Gasteiger partial charge on any atom is 0.163 e. The lowest BCUT2D eigenvalue weighted by molar-refractivity contribution is -0.0692. The summed E-state index contributed by atoms with van der Waals surface area (Å²) in [5.41, 5.74) is 6.23. The standard InChI is InChI=1S/C14H20F2N2O/c1-9-6-18(7-10(2)19-9)8-13(17)11-4-3-5-12(15)14(11)16/h3-5,9-10,13H,6-8,17H2,1-2H3/t9-,10+,13?. The molecule has 1 aliphatic heterocycles. The number of nitrogens with two attached hydrogens (primary N) is 1. The summed E-state index contributed by atoms with van der Waals surface area (Å²) < 4.78 is 32.5. The van der Waals surface area contributed by atoms with Crippen LogP contribution in [0.3, 0.4) is 0 Å². The van der Waals surface area contributed by atoms with Crippen LogP contribution >= 0.6 is 0 Å². The number of ether oxygens (including phenoxy) is 1. The predicted octanol–water partition coefficient (Wildman–Crippen LogP) is 2.07. The smallest absolute Gasteiger partial charge is 0.163 e. The molecule has 3 nitrogen and oxygen atoms in total. The van der Waals surface area contributed by atoms with Crippen LogP contribution in [0.5, 0.6) is 0 Å². The van der Waals surface area contributed by atoms with Crippen molar-refractivity contribution in [2.24, 2.45) is 5.73 Å². The summed E-state index contributed by atoms with van der Waals surface area (Å²) in [5.74, 6) is -1.69. The molecule has 1 unspecified atom stereocenters. The number of hydrogen-bond donors (Lipinski definition) is 1. The van der Waals surface area contributed by atoms with E-state index in [1.165, 1.54) is 12.1 Å². The zero-order valence-electron chi connectivity index (χ0n) is 11.3. The highest BCUT2D eigenvalue weighted by Gasteiger charge is 2.25. The lowest BCUT2D eigenvalue weighted by Crippen LogP contribution is -2.47. The summed E-state index contributed by atoms with van der Waals surface area (Å²) in [4.78, 5) is 2.13. The van der Waals surface area contributed by atoms with E-state index < -0.39 is 17.7 Å². The maximum absolute atomic E-state index is 13.7. The quantitative estimate of drug-likeness (QED) is 0.914. The van der Waals surface area contributed by atoms with Gasteiger partial charge in [0.05, 0.1) is 12.2 Å². The Balaban J connectivity index is 2.04. The van der Waals surface area contributed by atoms with Gasteiger partial charge < -0.3 is 10.5 Å². The van der Waals surface area contributed by atoms with Crippen molar-refractivity contribution in [2.75, 3.05) is 19.6 Å². The monoisotopic (exact) mass is 270 g/mol. The highest BCUT2D eigenvalue weighted by atomic mass is 19.2. The number of nitrogens with zero attached hydrogens (tertiary/aromatic N) is 1. The molecule has 0 spiro atoms. The first kappa shape index (κ1) is 14.4. The molecule has 3 atom stereocenters. The number of rotatable bonds is 3. The minimum absolute atomic E-state index is 0.133. The van der Waals surface area contributed by atoms with Crippen LogP contribution in [0, 0.1) is 11.6 Å². The van der Waals surface area contributed by atoms with Gasteiger partial charge in [-0.3, -0.25) is 4.90 Å². The lowest BCUT2D eigenvalue weighted by Gasteiger charge is -2.36. The van der Waals surface area contributed by atoms with Crippen LogP contribution in [0.15, 0.2) is 18.2 Å². The molecule has 19 heavy (non-hydrogen) atoms. The molecule has 0 bridgehead atoms. The number of benzene rings is 1. The van der Waals surface area contributed by atoms with Crippen molar-refractivity contribution in [1.82, 2.24) is 4.90 Å². The van der Waals surface area contributed by atoms with E-state index >= 15 is 0 Å². The molecule has 0 radical (unpaired) electrons. The average molecular weight is 270 g/mol. The van der Waals surface area contributed by atoms with Crippen LogP contribution < -0.4 is 5.73 Å². The first-order valence-electron chi connectivity index (χ1n) is 6.54. The zero-order chi connectivity index (χ0) is 14.0. The predicted molar refractivity (Wildman–Crippen MR) is 69.7 cm³/mol. The third-order valence-electron chi connectivity index (χ3n) is 3.33. The van der Waals surface area contributed by atoms with Crippen LogP contribution in [0.25, 0.3) is 0 Å². The lowest BCUT2D eigenvalue weighted by atomic mass is 10.1. The second-order valence-corrected chi connectivity index (χ2v) is 5.23. The second-order valence-electron chi connectivity index (χ2n) is 5.23. The van der Waals surface area contributed by atoms with Crippen molar-refractivity contribution in [2.45, 2.75) is 32.1 Å². The van der Waals surface area contributed by atoms with E-state index in [0.29, 0.717) is 6.54 Å². The van der Waals surface area contributed by atoms with Gasteiger partial charge in [0.2, 0.25) is 0 Å². The Morgan fingerprint density at radius 1 is 1.32 bits per heavy atom. The highest BCUT2D eigenvalue weighted by molar-refractivity contribution is 5.22. The number of halogens is 2. The molecule has 0 saturated carbocycles. The van der Waals surface area contributed by atoms with E-state index in [-0.39, 0.29) is 17.8 Å². The van der Waals surface area contributed by atoms with Gasteiger partial charge in [-0.15, -0.1) is 0 Å². The summed E-state index contributed by atoms with van der Waals surface area (Å²) in [6.45, 7) is 6.01. The van der Waals surface area contributed by atoms with E-state index in [1.54, 1.807) is 0 Å². The second kappa shape index (κ2) is 5.94.